The summed E-state index contributed by atoms with van der Waals surface area (Å²) in [5.74, 6) is -1.07. The van der Waals surface area contributed by atoms with Crippen molar-refractivity contribution in [2.24, 2.45) is 0 Å². The molecule has 3 atom stereocenters. The molecule has 1 N–H and O–H groups in total. The minimum atomic E-state index is -1.23. The highest BCUT2D eigenvalue weighted by atomic mass is 16.5. The van der Waals surface area contributed by atoms with Crippen molar-refractivity contribution in [3.8, 4) is 5.75 Å². The standard InChI is InChI=1S/C25H23B4N3O5/c26-21-22(27)37-13-25(28,29)32(21)10-14-4-6-15(7-5-14)12-36-19-3-1-2-16-17(19)11-31(24(16)35)18-8-9-20(33)30-23(18)34/h1-7,18,21-22H,8-13H2,(H,30,33,34). The summed E-state index contributed by atoms with van der Waals surface area (Å²) >= 11 is 0. The lowest BCUT2D eigenvalue weighted by atomic mass is 9.57. The topological polar surface area (TPSA) is 88.2 Å². The molecular weight excluding hydrogens is 466 g/mol. The van der Waals surface area contributed by atoms with Gasteiger partial charge in [0.2, 0.25) is 11.8 Å². The lowest BCUT2D eigenvalue weighted by Gasteiger charge is -2.51. The van der Waals surface area contributed by atoms with Crippen LogP contribution in [0.2, 0.25) is 0 Å². The van der Waals surface area contributed by atoms with Gasteiger partial charge >= 0.3 is 0 Å². The Morgan fingerprint density at radius 2 is 1.78 bits per heavy atom. The van der Waals surface area contributed by atoms with Gasteiger partial charge in [-0.2, -0.15) is 0 Å². The second kappa shape index (κ2) is 10.1. The van der Waals surface area contributed by atoms with Crippen LogP contribution in [0.5, 0.6) is 5.75 Å². The first-order valence-corrected chi connectivity index (χ1v) is 12.1. The zero-order chi connectivity index (χ0) is 26.3. The average Bonchev–Trinajstić information content (AvgIpc) is 3.20. The Bertz CT molecular complexity index is 1230. The third kappa shape index (κ3) is 5.09. The molecule has 3 heterocycles. The number of piperidine rings is 1. The third-order valence-corrected chi connectivity index (χ3v) is 7.05. The van der Waals surface area contributed by atoms with Crippen molar-refractivity contribution in [1.82, 2.24) is 15.1 Å². The molecule has 0 spiro atoms. The van der Waals surface area contributed by atoms with Crippen LogP contribution in [0.3, 0.4) is 0 Å². The average molecular weight is 489 g/mol. The van der Waals surface area contributed by atoms with E-state index in [0.29, 0.717) is 24.3 Å². The van der Waals surface area contributed by atoms with Crippen LogP contribution in [0.25, 0.3) is 0 Å². The van der Waals surface area contributed by atoms with E-state index in [-0.39, 0.29) is 38.0 Å². The van der Waals surface area contributed by atoms with Gasteiger partial charge in [-0.1, -0.05) is 30.3 Å². The number of ether oxygens (including phenoxy) is 2. The van der Waals surface area contributed by atoms with Crippen LogP contribution in [-0.2, 0) is 34.0 Å². The smallest absolute Gasteiger partial charge is 0.255 e. The SMILES string of the molecule is [B]C1OCC([B])([B])N(Cc2ccc(COc3cccc4c3CN(C3CCC(=O)NC3=O)C4=O)cc2)C1[B]. The molecule has 2 aromatic carbocycles. The molecule has 8 radical (unpaired) electrons. The molecule has 0 saturated carbocycles. The van der Waals surface area contributed by atoms with E-state index in [9.17, 15) is 14.4 Å². The molecule has 3 aliphatic rings. The number of carbonyl (C=O) groups is 3. The maximum absolute atomic E-state index is 13.0. The molecule has 2 saturated heterocycles. The minimum Gasteiger partial charge on any atom is -0.489 e. The maximum Gasteiger partial charge on any atom is 0.255 e. The van der Waals surface area contributed by atoms with Crippen molar-refractivity contribution in [2.75, 3.05) is 6.61 Å². The van der Waals surface area contributed by atoms with Crippen LogP contribution in [0.15, 0.2) is 42.5 Å². The lowest BCUT2D eigenvalue weighted by Crippen LogP contribution is -2.65. The minimum absolute atomic E-state index is 0.0681. The molecular formula is C25H23B4N3O5. The van der Waals surface area contributed by atoms with Gasteiger partial charge in [-0.15, -0.1) is 0 Å². The molecule has 12 heteroatoms. The van der Waals surface area contributed by atoms with E-state index in [4.69, 9.17) is 40.9 Å². The number of nitrogens with zero attached hydrogens (tertiary/aromatic N) is 2. The van der Waals surface area contributed by atoms with Gasteiger partial charge in [0.25, 0.3) is 5.91 Å². The zero-order valence-corrected chi connectivity index (χ0v) is 20.3. The van der Waals surface area contributed by atoms with E-state index in [0.717, 1.165) is 16.7 Å². The Hall–Kier alpha value is -2.97. The van der Waals surface area contributed by atoms with Gasteiger partial charge < -0.3 is 19.3 Å². The van der Waals surface area contributed by atoms with Gasteiger partial charge in [0.05, 0.1) is 30.1 Å². The number of benzene rings is 2. The van der Waals surface area contributed by atoms with Crippen LogP contribution in [0, 0.1) is 0 Å². The summed E-state index contributed by atoms with van der Waals surface area (Å²) in [6.45, 7) is 0.996. The first-order chi connectivity index (χ1) is 17.6. The fourth-order valence-electron chi connectivity index (χ4n) is 4.91. The number of amides is 3. The summed E-state index contributed by atoms with van der Waals surface area (Å²) in [5.41, 5.74) is 3.10. The molecule has 2 aromatic rings. The summed E-state index contributed by atoms with van der Waals surface area (Å²) in [6, 6.07) is 11.7. The van der Waals surface area contributed by atoms with Crippen LogP contribution in [-0.4, -0.2) is 88.8 Å². The Labute approximate surface area is 221 Å². The number of morpholine rings is 1. The molecule has 8 nitrogen and oxygen atoms in total. The molecule has 180 valence electrons. The molecule has 5 rings (SSSR count). The quantitative estimate of drug-likeness (QED) is 0.449. The highest BCUT2D eigenvalue weighted by Gasteiger charge is 2.40. The first-order valence-electron chi connectivity index (χ1n) is 12.1. The van der Waals surface area contributed by atoms with Crippen LogP contribution >= 0.6 is 0 Å². The largest absolute Gasteiger partial charge is 0.489 e. The molecule has 3 amide bonds. The maximum atomic E-state index is 13.0. The first kappa shape index (κ1) is 25.7. The summed E-state index contributed by atoms with van der Waals surface area (Å²) in [7, 11) is 24.3. The van der Waals surface area contributed by atoms with Gasteiger partial charge in [0.15, 0.2) is 0 Å². The fourth-order valence-corrected chi connectivity index (χ4v) is 4.91. The van der Waals surface area contributed by atoms with Gasteiger partial charge in [0, 0.05) is 36.7 Å². The Kier molecular flexibility index (Phi) is 6.98. The van der Waals surface area contributed by atoms with E-state index >= 15 is 0 Å². The van der Waals surface area contributed by atoms with Crippen molar-refractivity contribution in [3.05, 3.63) is 64.7 Å². The second-order valence-corrected chi connectivity index (χ2v) is 9.67. The number of nitrogens with one attached hydrogen (secondary N) is 1. The number of imide groups is 1. The van der Waals surface area contributed by atoms with Crippen LogP contribution < -0.4 is 10.1 Å². The van der Waals surface area contributed by atoms with Gasteiger partial charge in [0.1, 0.15) is 26.2 Å². The van der Waals surface area contributed by atoms with E-state index in [1.54, 1.807) is 23.1 Å². The second-order valence-electron chi connectivity index (χ2n) is 9.67. The van der Waals surface area contributed by atoms with E-state index in [1.807, 2.05) is 24.3 Å². The fraction of sp³-hybridized carbons (Fsp3) is 0.400. The van der Waals surface area contributed by atoms with Gasteiger partial charge in [-0.25, -0.2) is 0 Å². The van der Waals surface area contributed by atoms with E-state index < -0.39 is 29.2 Å². The van der Waals surface area contributed by atoms with Crippen LogP contribution in [0.4, 0.5) is 0 Å². The Morgan fingerprint density at radius 3 is 2.51 bits per heavy atom. The van der Waals surface area contributed by atoms with E-state index in [1.165, 1.54) is 4.90 Å². The molecule has 2 fully saturated rings. The molecule has 3 unspecified atom stereocenters. The molecule has 0 bridgehead atoms. The number of rotatable bonds is 6. The number of carbonyl (C=O) groups excluding carboxylic acids is 3. The van der Waals surface area contributed by atoms with Gasteiger partial charge in [-0.3, -0.25) is 19.7 Å². The third-order valence-electron chi connectivity index (χ3n) is 7.05. The zero-order valence-electron chi connectivity index (χ0n) is 20.3. The molecule has 3 aliphatic heterocycles. The van der Waals surface area contributed by atoms with Crippen molar-refractivity contribution in [1.29, 1.82) is 0 Å². The summed E-state index contributed by atoms with van der Waals surface area (Å²) in [5, 5.41) is 1.08. The van der Waals surface area contributed by atoms with Gasteiger partial charge in [-0.05, 0) is 41.0 Å². The number of hydrogen-bond acceptors (Lipinski definition) is 6. The lowest BCUT2D eigenvalue weighted by molar-refractivity contribution is -0.136. The van der Waals surface area contributed by atoms with Crippen LogP contribution in [0.1, 0.15) is 39.9 Å². The highest BCUT2D eigenvalue weighted by molar-refractivity contribution is 6.40. The van der Waals surface area contributed by atoms with Crippen molar-refractivity contribution in [2.45, 2.75) is 55.9 Å². The molecule has 0 aromatic heterocycles. The number of fused-ring (bicyclic) bond motifs is 1. The highest BCUT2D eigenvalue weighted by Crippen LogP contribution is 2.34. The predicted molar refractivity (Wildman–Crippen MR) is 138 cm³/mol. The van der Waals surface area contributed by atoms with E-state index in [2.05, 4.69) is 5.32 Å². The Balaban J connectivity index is 1.24. The summed E-state index contributed by atoms with van der Waals surface area (Å²) in [6.07, 6.45) is 0.515. The summed E-state index contributed by atoms with van der Waals surface area (Å²) < 4.78 is 11.4. The predicted octanol–water partition coefficient (Wildman–Crippen LogP) is -0.161. The normalized spacial score (nSPS) is 25.6. The number of hydrogen-bond donors (Lipinski definition) is 1. The monoisotopic (exact) mass is 489 g/mol. The van der Waals surface area contributed by atoms with Crippen molar-refractivity contribution < 1.29 is 23.9 Å². The van der Waals surface area contributed by atoms with Crippen molar-refractivity contribution >= 4 is 49.1 Å². The van der Waals surface area contributed by atoms with Crippen molar-refractivity contribution in [3.63, 3.8) is 0 Å². The molecule has 0 aliphatic carbocycles. The summed E-state index contributed by atoms with van der Waals surface area (Å²) in [4.78, 5) is 40.0. The Morgan fingerprint density at radius 1 is 1.05 bits per heavy atom. The molecule has 37 heavy (non-hydrogen) atoms.